The molecule has 0 unspecified atom stereocenters. The van der Waals surface area contributed by atoms with Crippen LogP contribution in [0.5, 0.6) is 0 Å². The fourth-order valence-corrected chi connectivity index (χ4v) is 2.86. The van der Waals surface area contributed by atoms with E-state index in [-0.39, 0.29) is 0 Å². The summed E-state index contributed by atoms with van der Waals surface area (Å²) in [5, 5.41) is 1.33. The molecule has 1 aromatic carbocycles. The van der Waals surface area contributed by atoms with Crippen LogP contribution in [0.1, 0.15) is 30.1 Å². The largest absolute Gasteiger partial charge is 0.340 e. The van der Waals surface area contributed by atoms with Crippen molar-refractivity contribution in [2.45, 2.75) is 32.4 Å². The van der Waals surface area contributed by atoms with Crippen molar-refractivity contribution >= 4 is 26.8 Å². The zero-order chi connectivity index (χ0) is 11.3. The lowest BCUT2D eigenvalue weighted by atomic mass is 10.1. The van der Waals surface area contributed by atoms with Crippen molar-refractivity contribution in [2.24, 2.45) is 5.73 Å². The predicted molar refractivity (Wildman–Crippen MR) is 70.5 cm³/mol. The smallest absolute Gasteiger partial charge is 0.0489 e. The van der Waals surface area contributed by atoms with E-state index in [1.807, 2.05) is 0 Å². The molecule has 0 aliphatic heterocycles. The van der Waals surface area contributed by atoms with Gasteiger partial charge < -0.3 is 10.3 Å². The van der Waals surface area contributed by atoms with Crippen LogP contribution in [-0.4, -0.2) is 4.57 Å². The molecule has 16 heavy (non-hydrogen) atoms. The topological polar surface area (TPSA) is 30.9 Å². The second-order valence-electron chi connectivity index (χ2n) is 4.54. The molecule has 1 saturated carbocycles. The molecule has 1 aromatic heterocycles. The van der Waals surface area contributed by atoms with E-state index in [0.29, 0.717) is 12.6 Å². The number of hydrogen-bond donors (Lipinski definition) is 1. The second-order valence-corrected chi connectivity index (χ2v) is 5.45. The van der Waals surface area contributed by atoms with E-state index in [9.17, 15) is 0 Å². The Morgan fingerprint density at radius 2 is 2.19 bits per heavy atom. The van der Waals surface area contributed by atoms with Crippen LogP contribution in [0, 0.1) is 6.92 Å². The van der Waals surface area contributed by atoms with Crippen molar-refractivity contribution < 1.29 is 0 Å². The van der Waals surface area contributed by atoms with Crippen molar-refractivity contribution in [3.05, 3.63) is 33.9 Å². The molecule has 0 bridgehead atoms. The average Bonchev–Trinajstić information content (AvgIpc) is 3.06. The number of fused-ring (bicyclic) bond motifs is 1. The minimum Gasteiger partial charge on any atom is -0.340 e. The number of halogens is 1. The fraction of sp³-hybridized carbons (Fsp3) is 0.385. The third kappa shape index (κ3) is 1.42. The first-order valence-corrected chi connectivity index (χ1v) is 6.50. The summed E-state index contributed by atoms with van der Waals surface area (Å²) >= 11 is 3.53. The van der Waals surface area contributed by atoms with E-state index in [1.165, 1.54) is 35.0 Å². The number of nitrogens with zero attached hydrogens (tertiary/aromatic N) is 1. The number of benzene rings is 1. The molecule has 0 amide bonds. The van der Waals surface area contributed by atoms with E-state index in [4.69, 9.17) is 5.73 Å². The molecule has 0 atom stereocenters. The van der Waals surface area contributed by atoms with Crippen molar-refractivity contribution in [3.63, 3.8) is 0 Å². The van der Waals surface area contributed by atoms with Crippen molar-refractivity contribution in [2.75, 3.05) is 0 Å². The highest BCUT2D eigenvalue weighted by molar-refractivity contribution is 9.10. The summed E-state index contributed by atoms with van der Waals surface area (Å²) in [6.07, 6.45) is 2.60. The average molecular weight is 279 g/mol. The first-order chi connectivity index (χ1) is 7.72. The van der Waals surface area contributed by atoms with Gasteiger partial charge in [-0.1, -0.05) is 15.9 Å². The lowest BCUT2D eigenvalue weighted by Gasteiger charge is -2.07. The van der Waals surface area contributed by atoms with Gasteiger partial charge in [0, 0.05) is 33.7 Å². The van der Waals surface area contributed by atoms with E-state index in [1.54, 1.807) is 0 Å². The molecular formula is C13H15BrN2. The molecule has 0 spiro atoms. The maximum atomic E-state index is 5.89. The van der Waals surface area contributed by atoms with Crippen molar-refractivity contribution in [1.82, 2.24) is 4.57 Å². The summed E-state index contributed by atoms with van der Waals surface area (Å²) in [5.74, 6) is 0. The lowest BCUT2D eigenvalue weighted by molar-refractivity contribution is 0.717. The highest BCUT2D eigenvalue weighted by Gasteiger charge is 2.28. The van der Waals surface area contributed by atoms with Gasteiger partial charge in [-0.05, 0) is 43.5 Å². The van der Waals surface area contributed by atoms with Gasteiger partial charge in [-0.25, -0.2) is 0 Å². The number of rotatable bonds is 2. The summed E-state index contributed by atoms with van der Waals surface area (Å²) in [4.78, 5) is 0. The number of nitrogens with two attached hydrogens (primary N) is 1. The minimum absolute atomic E-state index is 0.634. The molecule has 1 aliphatic rings. The highest BCUT2D eigenvalue weighted by atomic mass is 79.9. The van der Waals surface area contributed by atoms with Gasteiger partial charge in [-0.15, -0.1) is 0 Å². The zero-order valence-electron chi connectivity index (χ0n) is 9.33. The van der Waals surface area contributed by atoms with E-state index in [2.05, 4.69) is 45.6 Å². The molecule has 2 nitrogen and oxygen atoms in total. The Hall–Kier alpha value is -0.800. The van der Waals surface area contributed by atoms with Crippen LogP contribution in [0.25, 0.3) is 10.9 Å². The number of hydrogen-bond acceptors (Lipinski definition) is 1. The van der Waals surface area contributed by atoms with Crippen molar-refractivity contribution in [1.29, 1.82) is 0 Å². The predicted octanol–water partition coefficient (Wildman–Crippen LogP) is 3.51. The Balaban J connectivity index is 2.36. The highest BCUT2D eigenvalue weighted by Crippen LogP contribution is 2.41. The second kappa shape index (κ2) is 3.60. The first kappa shape index (κ1) is 10.4. The van der Waals surface area contributed by atoms with Crippen LogP contribution in [0.4, 0.5) is 0 Å². The fourth-order valence-electron chi connectivity index (χ4n) is 2.50. The molecule has 1 aliphatic carbocycles. The molecule has 1 heterocycles. The molecule has 0 radical (unpaired) electrons. The van der Waals surface area contributed by atoms with Gasteiger partial charge in [0.05, 0.1) is 0 Å². The van der Waals surface area contributed by atoms with Crippen LogP contribution in [0.3, 0.4) is 0 Å². The summed E-state index contributed by atoms with van der Waals surface area (Å²) in [7, 11) is 0. The van der Waals surface area contributed by atoms with Crippen LogP contribution in [0.15, 0.2) is 22.7 Å². The van der Waals surface area contributed by atoms with Gasteiger partial charge in [0.25, 0.3) is 0 Å². The molecular weight excluding hydrogens is 264 g/mol. The van der Waals surface area contributed by atoms with Crippen LogP contribution in [0.2, 0.25) is 0 Å². The van der Waals surface area contributed by atoms with Gasteiger partial charge in [0.1, 0.15) is 0 Å². The normalized spacial score (nSPS) is 15.9. The monoisotopic (exact) mass is 278 g/mol. The zero-order valence-corrected chi connectivity index (χ0v) is 10.9. The molecule has 84 valence electrons. The number of aromatic nitrogens is 1. The lowest BCUT2D eigenvalue weighted by Crippen LogP contribution is -2.06. The maximum absolute atomic E-state index is 5.89. The number of aryl methyl sites for hydroxylation is 1. The summed E-state index contributed by atoms with van der Waals surface area (Å²) in [6, 6.07) is 7.20. The van der Waals surface area contributed by atoms with Crippen LogP contribution >= 0.6 is 15.9 Å². The molecule has 0 saturated heterocycles. The van der Waals surface area contributed by atoms with E-state index in [0.717, 1.165) is 4.47 Å². The quantitative estimate of drug-likeness (QED) is 0.896. The molecule has 2 aromatic rings. The van der Waals surface area contributed by atoms with Gasteiger partial charge >= 0.3 is 0 Å². The summed E-state index contributed by atoms with van der Waals surface area (Å²) < 4.78 is 3.58. The Kier molecular flexibility index (Phi) is 2.33. The molecule has 3 rings (SSSR count). The third-order valence-corrected chi connectivity index (χ3v) is 3.94. The Morgan fingerprint density at radius 1 is 1.44 bits per heavy atom. The summed E-state index contributed by atoms with van der Waals surface area (Å²) in [5.41, 5.74) is 9.86. The Morgan fingerprint density at radius 3 is 2.81 bits per heavy atom. The van der Waals surface area contributed by atoms with Gasteiger partial charge in [0.2, 0.25) is 0 Å². The van der Waals surface area contributed by atoms with Gasteiger partial charge in [-0.3, -0.25) is 0 Å². The Bertz CT molecular complexity index is 553. The third-order valence-electron chi connectivity index (χ3n) is 3.45. The van der Waals surface area contributed by atoms with Gasteiger partial charge in [-0.2, -0.15) is 0 Å². The standard InChI is InChI=1S/C13H15BrN2/c1-8-11-6-9(14)2-5-12(11)16(10-3-4-10)13(8)7-15/h2,5-6,10H,3-4,7,15H2,1H3. The van der Waals surface area contributed by atoms with Gasteiger partial charge in [0.15, 0.2) is 0 Å². The molecule has 3 heteroatoms. The van der Waals surface area contributed by atoms with Crippen molar-refractivity contribution in [3.8, 4) is 0 Å². The SMILES string of the molecule is Cc1c(CN)n(C2CC2)c2ccc(Br)cc12. The summed E-state index contributed by atoms with van der Waals surface area (Å²) in [6.45, 7) is 2.81. The Labute approximate surface area is 104 Å². The van der Waals surface area contributed by atoms with Crippen LogP contribution in [-0.2, 0) is 6.54 Å². The first-order valence-electron chi connectivity index (χ1n) is 5.71. The molecule has 2 N–H and O–H groups in total. The maximum Gasteiger partial charge on any atom is 0.0489 e. The molecule has 1 fully saturated rings. The van der Waals surface area contributed by atoms with Crippen LogP contribution < -0.4 is 5.73 Å². The van der Waals surface area contributed by atoms with E-state index >= 15 is 0 Å². The minimum atomic E-state index is 0.634. The van der Waals surface area contributed by atoms with E-state index < -0.39 is 0 Å².